The van der Waals surface area contributed by atoms with Gasteiger partial charge in [-0.2, -0.15) is 0 Å². The molecule has 1 N–H and O–H groups in total. The van der Waals surface area contributed by atoms with Crippen LogP contribution in [0.2, 0.25) is 0 Å². The third-order valence-electron chi connectivity index (χ3n) is 3.52. The monoisotopic (exact) mass is 310 g/mol. The predicted octanol–water partition coefficient (Wildman–Crippen LogP) is 4.23. The summed E-state index contributed by atoms with van der Waals surface area (Å²) in [4.78, 5) is 17.7. The van der Waals surface area contributed by atoms with Crippen molar-refractivity contribution in [3.05, 3.63) is 64.7 Å². The molecule has 1 heterocycles. The first kappa shape index (κ1) is 14.7. The van der Waals surface area contributed by atoms with Crippen molar-refractivity contribution >= 4 is 28.5 Å². The van der Waals surface area contributed by atoms with Crippen molar-refractivity contribution < 1.29 is 4.79 Å². The Hall–Kier alpha value is -2.20. The number of allylic oxidation sites excluding steroid dienone is 2. The summed E-state index contributed by atoms with van der Waals surface area (Å²) in [6.07, 6.45) is 11.7. The molecule has 112 valence electrons. The predicted molar refractivity (Wildman–Crippen MR) is 92.0 cm³/mol. The van der Waals surface area contributed by atoms with E-state index in [4.69, 9.17) is 0 Å². The second-order valence-corrected chi connectivity index (χ2v) is 6.30. The lowest BCUT2D eigenvalue weighted by atomic mass is 10.0. The topological polar surface area (TPSA) is 42.0 Å². The molecule has 2 aromatic rings. The van der Waals surface area contributed by atoms with Gasteiger partial charge in [-0.3, -0.25) is 10.1 Å². The van der Waals surface area contributed by atoms with E-state index >= 15 is 0 Å². The Morgan fingerprint density at radius 3 is 2.77 bits per heavy atom. The molecule has 1 aliphatic carbocycles. The van der Waals surface area contributed by atoms with E-state index in [0.717, 1.165) is 18.4 Å². The third kappa shape index (κ3) is 3.92. The van der Waals surface area contributed by atoms with Gasteiger partial charge in [-0.25, -0.2) is 4.98 Å². The number of hydrogen-bond donors (Lipinski definition) is 1. The van der Waals surface area contributed by atoms with E-state index < -0.39 is 0 Å². The van der Waals surface area contributed by atoms with Gasteiger partial charge in [0.1, 0.15) is 0 Å². The highest BCUT2D eigenvalue weighted by molar-refractivity contribution is 7.15. The van der Waals surface area contributed by atoms with Gasteiger partial charge in [0, 0.05) is 11.0 Å². The Kier molecular flexibility index (Phi) is 4.81. The zero-order valence-electron chi connectivity index (χ0n) is 12.3. The number of benzene rings is 1. The average Bonchev–Trinajstić information content (AvgIpc) is 2.94. The van der Waals surface area contributed by atoms with Crippen molar-refractivity contribution in [3.63, 3.8) is 0 Å². The van der Waals surface area contributed by atoms with Crippen LogP contribution in [0, 0.1) is 0 Å². The van der Waals surface area contributed by atoms with E-state index in [1.807, 2.05) is 42.5 Å². The number of nitrogens with zero attached hydrogens (tertiary/aromatic N) is 1. The van der Waals surface area contributed by atoms with Crippen LogP contribution in [-0.2, 0) is 17.6 Å². The first-order chi connectivity index (χ1) is 10.8. The number of hydrogen-bond acceptors (Lipinski definition) is 3. The summed E-state index contributed by atoms with van der Waals surface area (Å²) in [5, 5.41) is 3.56. The summed E-state index contributed by atoms with van der Waals surface area (Å²) in [5.41, 5.74) is 2.28. The van der Waals surface area contributed by atoms with Crippen molar-refractivity contribution in [2.45, 2.75) is 25.7 Å². The summed E-state index contributed by atoms with van der Waals surface area (Å²) in [7, 11) is 0. The standard InChI is InChI=1S/C18H18N2OS/c21-17(13-7-4-10-14-8-2-1-3-9-14)20-18-19-15-11-5-6-12-16(15)22-18/h1-4,7-10,13H,5-6,11-12H2,(H,19,20,21). The zero-order valence-corrected chi connectivity index (χ0v) is 13.1. The molecule has 22 heavy (non-hydrogen) atoms. The van der Waals surface area contributed by atoms with Gasteiger partial charge in [-0.05, 0) is 31.2 Å². The van der Waals surface area contributed by atoms with Crippen LogP contribution >= 0.6 is 11.3 Å². The van der Waals surface area contributed by atoms with Crippen LogP contribution in [0.1, 0.15) is 29.0 Å². The van der Waals surface area contributed by atoms with Gasteiger partial charge in [0.05, 0.1) is 5.69 Å². The fraction of sp³-hybridized carbons (Fsp3) is 0.222. The maximum atomic E-state index is 11.9. The van der Waals surface area contributed by atoms with Crippen molar-refractivity contribution in [1.82, 2.24) is 4.98 Å². The quantitative estimate of drug-likeness (QED) is 0.678. The molecule has 0 spiro atoms. The molecule has 1 aromatic carbocycles. The molecular weight excluding hydrogens is 292 g/mol. The number of rotatable bonds is 4. The van der Waals surface area contributed by atoms with E-state index in [2.05, 4.69) is 10.3 Å². The van der Waals surface area contributed by atoms with Gasteiger partial charge in [0.2, 0.25) is 5.91 Å². The van der Waals surface area contributed by atoms with Gasteiger partial charge in [0.25, 0.3) is 0 Å². The first-order valence-corrected chi connectivity index (χ1v) is 8.32. The van der Waals surface area contributed by atoms with Gasteiger partial charge < -0.3 is 0 Å². The molecule has 1 aliphatic rings. The Labute approximate surface area is 134 Å². The molecule has 0 unspecified atom stereocenters. The summed E-state index contributed by atoms with van der Waals surface area (Å²) in [5.74, 6) is -0.135. The van der Waals surface area contributed by atoms with E-state index in [9.17, 15) is 4.79 Å². The highest BCUT2D eigenvalue weighted by Gasteiger charge is 2.15. The molecule has 4 heteroatoms. The highest BCUT2D eigenvalue weighted by Crippen LogP contribution is 2.29. The minimum absolute atomic E-state index is 0.135. The lowest BCUT2D eigenvalue weighted by Crippen LogP contribution is -2.07. The van der Waals surface area contributed by atoms with Crippen LogP contribution in [0.5, 0.6) is 0 Å². The number of amides is 1. The Balaban J connectivity index is 1.55. The van der Waals surface area contributed by atoms with Crippen molar-refractivity contribution in [2.75, 3.05) is 5.32 Å². The first-order valence-electron chi connectivity index (χ1n) is 7.50. The largest absolute Gasteiger partial charge is 0.298 e. The van der Waals surface area contributed by atoms with E-state index in [0.29, 0.717) is 5.13 Å². The molecular formula is C18H18N2OS. The Bertz CT molecular complexity index is 678. The van der Waals surface area contributed by atoms with Gasteiger partial charge in [0.15, 0.2) is 5.13 Å². The number of aryl methyl sites for hydroxylation is 2. The van der Waals surface area contributed by atoms with E-state index in [1.54, 1.807) is 17.4 Å². The van der Waals surface area contributed by atoms with Crippen LogP contribution in [0.4, 0.5) is 5.13 Å². The number of carbonyl (C=O) groups is 1. The third-order valence-corrected chi connectivity index (χ3v) is 4.60. The smallest absolute Gasteiger partial charge is 0.250 e. The number of carbonyl (C=O) groups excluding carboxylic acids is 1. The lowest BCUT2D eigenvalue weighted by Gasteiger charge is -2.06. The summed E-state index contributed by atoms with van der Waals surface area (Å²) < 4.78 is 0. The van der Waals surface area contributed by atoms with Gasteiger partial charge in [-0.15, -0.1) is 11.3 Å². The molecule has 0 bridgehead atoms. The summed E-state index contributed by atoms with van der Waals surface area (Å²) >= 11 is 1.60. The number of aromatic nitrogens is 1. The summed E-state index contributed by atoms with van der Waals surface area (Å²) in [6, 6.07) is 9.99. The van der Waals surface area contributed by atoms with Crippen LogP contribution in [0.15, 0.2) is 48.6 Å². The van der Waals surface area contributed by atoms with Crippen LogP contribution in [0.3, 0.4) is 0 Å². The molecule has 0 atom stereocenters. The SMILES string of the molecule is O=C(C=CC=Cc1ccccc1)Nc1nc2c(s1)CCCC2. The van der Waals surface area contributed by atoms with E-state index in [-0.39, 0.29) is 5.91 Å². The molecule has 1 amide bonds. The maximum Gasteiger partial charge on any atom is 0.250 e. The fourth-order valence-electron chi connectivity index (χ4n) is 2.43. The van der Waals surface area contributed by atoms with Crippen LogP contribution in [-0.4, -0.2) is 10.9 Å². The number of thiazole rings is 1. The minimum atomic E-state index is -0.135. The molecule has 0 radical (unpaired) electrons. The summed E-state index contributed by atoms with van der Waals surface area (Å²) in [6.45, 7) is 0. The average molecular weight is 310 g/mol. The maximum absolute atomic E-state index is 11.9. The molecule has 3 rings (SSSR count). The van der Waals surface area contributed by atoms with Gasteiger partial charge in [-0.1, -0.05) is 48.6 Å². The number of nitrogens with one attached hydrogen (secondary N) is 1. The number of anilines is 1. The van der Waals surface area contributed by atoms with Crippen molar-refractivity contribution in [2.24, 2.45) is 0 Å². The molecule has 0 saturated heterocycles. The Morgan fingerprint density at radius 2 is 1.95 bits per heavy atom. The second-order valence-electron chi connectivity index (χ2n) is 5.21. The zero-order chi connectivity index (χ0) is 15.2. The molecule has 3 nitrogen and oxygen atoms in total. The molecule has 1 aromatic heterocycles. The fourth-order valence-corrected chi connectivity index (χ4v) is 3.48. The number of fused-ring (bicyclic) bond motifs is 1. The molecule has 0 fully saturated rings. The van der Waals surface area contributed by atoms with Crippen LogP contribution in [0.25, 0.3) is 6.08 Å². The molecule has 0 aliphatic heterocycles. The second kappa shape index (κ2) is 7.18. The Morgan fingerprint density at radius 1 is 1.14 bits per heavy atom. The lowest BCUT2D eigenvalue weighted by molar-refractivity contribution is -0.111. The van der Waals surface area contributed by atoms with Crippen molar-refractivity contribution in [3.8, 4) is 0 Å². The van der Waals surface area contributed by atoms with Crippen molar-refractivity contribution in [1.29, 1.82) is 0 Å². The normalized spacial score (nSPS) is 14.4. The highest BCUT2D eigenvalue weighted by atomic mass is 32.1. The van der Waals surface area contributed by atoms with E-state index in [1.165, 1.54) is 29.5 Å². The van der Waals surface area contributed by atoms with Gasteiger partial charge >= 0.3 is 0 Å². The minimum Gasteiger partial charge on any atom is -0.298 e. The molecule has 0 saturated carbocycles. The van der Waals surface area contributed by atoms with Crippen LogP contribution < -0.4 is 5.32 Å².